The Hall–Kier alpha value is -7.48. The normalized spacial score (nSPS) is 18.5. The van der Waals surface area contributed by atoms with Crippen molar-refractivity contribution in [2.45, 2.75) is 36.5 Å². The highest BCUT2D eigenvalue weighted by molar-refractivity contribution is 5.97. The molecule has 0 saturated heterocycles. The first kappa shape index (κ1) is 35.2. The number of fused-ring (bicyclic) bond motifs is 18. The van der Waals surface area contributed by atoms with E-state index in [-0.39, 0.29) is 5.41 Å². The predicted octanol–water partition coefficient (Wildman–Crippen LogP) is 15.7. The largest absolute Gasteiger partial charge is 0.310 e. The Bertz CT molecular complexity index is 3330. The van der Waals surface area contributed by atoms with Crippen molar-refractivity contribution >= 4 is 17.1 Å². The molecule has 2 spiro atoms. The van der Waals surface area contributed by atoms with Crippen LogP contribution in [0.4, 0.5) is 17.1 Å². The SMILES string of the molecule is C1=CC2=C(CC1)C1=C(CCC=C1)C21c2ccccc2-c2ccc(N(c3ccc(-c4ccccc4)cc3)c3ccc4c(c3)C3(c5ccccc5-c5ccccc53)c3ccccc3-4)cc21. The van der Waals surface area contributed by atoms with Crippen LogP contribution in [0.3, 0.4) is 0 Å². The van der Waals surface area contributed by atoms with Crippen molar-refractivity contribution in [1.82, 2.24) is 0 Å². The number of hydrogen-bond acceptors (Lipinski definition) is 1. The summed E-state index contributed by atoms with van der Waals surface area (Å²) in [5, 5.41) is 0. The van der Waals surface area contributed by atoms with Crippen molar-refractivity contribution in [2.75, 3.05) is 4.90 Å². The van der Waals surface area contributed by atoms with E-state index in [1.54, 1.807) is 11.1 Å². The van der Waals surface area contributed by atoms with E-state index in [0.717, 1.165) is 37.1 Å². The number of anilines is 3. The standard InChI is InChI=1S/C62H43N/c1-2-16-40(17-3-1)41-30-32-42(33-31-41)63(43-34-36-51-49-22-8-14-28-57(49)61(59(51)38-43)53-24-10-4-18-45(53)46-19-5-11-25-54(46)61)44-35-37-52-50-23-9-15-29-58(50)62(60(52)39-44)55-26-12-6-20-47(55)48-21-7-13-27-56(48)62/h1-6,8-11,13-20,22-25,27-39H,7,12,21,26H2. The molecule has 6 aliphatic rings. The molecule has 0 heterocycles. The van der Waals surface area contributed by atoms with Crippen LogP contribution in [0.2, 0.25) is 0 Å². The lowest BCUT2D eigenvalue weighted by Crippen LogP contribution is -2.29. The fraction of sp³-hybridized carbons (Fsp3) is 0.0968. The molecule has 296 valence electrons. The lowest BCUT2D eigenvalue weighted by molar-refractivity contribution is 0.701. The van der Waals surface area contributed by atoms with Crippen LogP contribution in [-0.4, -0.2) is 0 Å². The fourth-order valence-electron chi connectivity index (χ4n) is 12.9. The summed E-state index contributed by atoms with van der Waals surface area (Å²) in [5.41, 5.74) is 27.5. The summed E-state index contributed by atoms with van der Waals surface area (Å²) in [6.07, 6.45) is 14.1. The zero-order valence-corrected chi connectivity index (χ0v) is 35.0. The first-order chi connectivity index (χ1) is 31.3. The molecular weight excluding hydrogens is 759 g/mol. The summed E-state index contributed by atoms with van der Waals surface area (Å²) in [6.45, 7) is 0. The van der Waals surface area contributed by atoms with Crippen molar-refractivity contribution in [1.29, 1.82) is 0 Å². The van der Waals surface area contributed by atoms with E-state index in [0.29, 0.717) is 0 Å². The van der Waals surface area contributed by atoms with Gasteiger partial charge in [-0.05, 0) is 162 Å². The molecule has 0 radical (unpaired) electrons. The smallest absolute Gasteiger partial charge is 0.0726 e. The first-order valence-corrected chi connectivity index (χ1v) is 22.7. The van der Waals surface area contributed by atoms with Gasteiger partial charge in [-0.15, -0.1) is 0 Å². The van der Waals surface area contributed by atoms with Gasteiger partial charge in [0, 0.05) is 17.1 Å². The van der Waals surface area contributed by atoms with E-state index < -0.39 is 5.41 Å². The van der Waals surface area contributed by atoms with Crippen LogP contribution < -0.4 is 4.90 Å². The van der Waals surface area contributed by atoms with Gasteiger partial charge in [-0.1, -0.05) is 176 Å². The van der Waals surface area contributed by atoms with Crippen LogP contribution in [0.25, 0.3) is 44.5 Å². The van der Waals surface area contributed by atoms with Crippen LogP contribution in [0.1, 0.15) is 59.1 Å². The molecule has 14 rings (SSSR count). The second kappa shape index (κ2) is 13.0. The number of rotatable bonds is 4. The van der Waals surface area contributed by atoms with Crippen LogP contribution in [0, 0.1) is 0 Å². The molecule has 6 aliphatic carbocycles. The summed E-state index contributed by atoms with van der Waals surface area (Å²) in [4.78, 5) is 2.53. The summed E-state index contributed by atoms with van der Waals surface area (Å²) in [5.74, 6) is 0. The molecular formula is C62H43N. The minimum Gasteiger partial charge on any atom is -0.310 e. The molecule has 0 aromatic heterocycles. The van der Waals surface area contributed by atoms with E-state index in [2.05, 4.69) is 217 Å². The van der Waals surface area contributed by atoms with Crippen molar-refractivity contribution in [3.63, 3.8) is 0 Å². The van der Waals surface area contributed by atoms with E-state index in [9.17, 15) is 0 Å². The van der Waals surface area contributed by atoms with Gasteiger partial charge >= 0.3 is 0 Å². The summed E-state index contributed by atoms with van der Waals surface area (Å²) < 4.78 is 0. The van der Waals surface area contributed by atoms with Gasteiger partial charge in [-0.2, -0.15) is 0 Å². The monoisotopic (exact) mass is 801 g/mol. The summed E-state index contributed by atoms with van der Waals surface area (Å²) in [6, 6.07) is 71.3. The molecule has 0 saturated carbocycles. The Balaban J connectivity index is 1.03. The second-order valence-electron chi connectivity index (χ2n) is 18.1. The molecule has 1 heteroatoms. The van der Waals surface area contributed by atoms with Crippen LogP contribution >= 0.6 is 0 Å². The number of benzene rings is 8. The fourth-order valence-corrected chi connectivity index (χ4v) is 12.9. The van der Waals surface area contributed by atoms with Gasteiger partial charge in [-0.25, -0.2) is 0 Å². The quantitative estimate of drug-likeness (QED) is 0.171. The van der Waals surface area contributed by atoms with Crippen LogP contribution in [0.15, 0.2) is 235 Å². The maximum atomic E-state index is 2.57. The number of allylic oxidation sites excluding steroid dienone is 8. The number of hydrogen-bond donors (Lipinski definition) is 0. The Morgan fingerprint density at radius 1 is 0.349 bits per heavy atom. The van der Waals surface area contributed by atoms with Gasteiger partial charge in [0.25, 0.3) is 0 Å². The van der Waals surface area contributed by atoms with Gasteiger partial charge < -0.3 is 4.90 Å². The molecule has 8 aromatic carbocycles. The molecule has 0 aliphatic heterocycles. The average molecular weight is 802 g/mol. The van der Waals surface area contributed by atoms with E-state index in [4.69, 9.17) is 0 Å². The lowest BCUT2D eigenvalue weighted by Gasteiger charge is -2.36. The van der Waals surface area contributed by atoms with Gasteiger partial charge in [0.15, 0.2) is 0 Å². The van der Waals surface area contributed by atoms with E-state index in [1.165, 1.54) is 94.7 Å². The third kappa shape index (κ3) is 4.51. The maximum absolute atomic E-state index is 2.57. The predicted molar refractivity (Wildman–Crippen MR) is 260 cm³/mol. The van der Waals surface area contributed by atoms with Gasteiger partial charge in [0.2, 0.25) is 0 Å². The van der Waals surface area contributed by atoms with E-state index >= 15 is 0 Å². The molecule has 63 heavy (non-hydrogen) atoms. The van der Waals surface area contributed by atoms with Gasteiger partial charge in [0.1, 0.15) is 0 Å². The van der Waals surface area contributed by atoms with Crippen molar-refractivity contribution in [2.24, 2.45) is 0 Å². The zero-order chi connectivity index (χ0) is 41.3. The van der Waals surface area contributed by atoms with Crippen LogP contribution in [0.5, 0.6) is 0 Å². The molecule has 0 bridgehead atoms. The van der Waals surface area contributed by atoms with Crippen molar-refractivity contribution in [3.05, 3.63) is 268 Å². The first-order valence-electron chi connectivity index (χ1n) is 22.7. The summed E-state index contributed by atoms with van der Waals surface area (Å²) in [7, 11) is 0. The topological polar surface area (TPSA) is 3.24 Å². The Labute approximate surface area is 369 Å². The number of nitrogens with zero attached hydrogens (tertiary/aromatic N) is 1. The average Bonchev–Trinajstić information content (AvgIpc) is 4.03. The highest BCUT2D eigenvalue weighted by atomic mass is 15.1. The van der Waals surface area contributed by atoms with Gasteiger partial charge in [0.05, 0.1) is 10.8 Å². The minimum atomic E-state index is -0.432. The molecule has 8 aromatic rings. The zero-order valence-electron chi connectivity index (χ0n) is 35.0. The van der Waals surface area contributed by atoms with Crippen LogP contribution in [-0.2, 0) is 10.8 Å². The van der Waals surface area contributed by atoms with Crippen molar-refractivity contribution < 1.29 is 0 Å². The third-order valence-corrected chi connectivity index (χ3v) is 15.3. The molecule has 1 atom stereocenters. The van der Waals surface area contributed by atoms with Crippen molar-refractivity contribution in [3.8, 4) is 44.5 Å². The third-order valence-electron chi connectivity index (χ3n) is 15.3. The van der Waals surface area contributed by atoms with E-state index in [1.807, 2.05) is 0 Å². The van der Waals surface area contributed by atoms with Gasteiger partial charge in [-0.3, -0.25) is 0 Å². The lowest BCUT2D eigenvalue weighted by atomic mass is 9.66. The Kier molecular flexibility index (Phi) is 7.26. The molecule has 1 nitrogen and oxygen atoms in total. The second-order valence-corrected chi connectivity index (χ2v) is 18.1. The Morgan fingerprint density at radius 2 is 0.794 bits per heavy atom. The summed E-state index contributed by atoms with van der Waals surface area (Å²) >= 11 is 0. The highest BCUT2D eigenvalue weighted by Gasteiger charge is 2.54. The maximum Gasteiger partial charge on any atom is 0.0726 e. The highest BCUT2D eigenvalue weighted by Crippen LogP contribution is 2.66. The molecule has 1 unspecified atom stereocenters. The minimum absolute atomic E-state index is 0.308. The molecule has 0 amide bonds. The Morgan fingerprint density at radius 3 is 1.38 bits per heavy atom. The molecule has 0 fully saturated rings. The molecule has 0 N–H and O–H groups in total.